The largest absolute Gasteiger partial charge is 0.508 e. The average Bonchev–Trinajstić information content (AvgIpc) is 3.16. The zero-order valence-electron chi connectivity index (χ0n) is 15.0. The third kappa shape index (κ3) is 3.96. The molecule has 0 spiro atoms. The van der Waals surface area contributed by atoms with E-state index in [4.69, 9.17) is 4.74 Å². The number of hydrazine groups is 1. The molecule has 0 saturated carbocycles. The number of nitrogens with one attached hydrogen (secondary N) is 3. The number of benzene rings is 1. The predicted octanol–water partition coefficient (Wildman–Crippen LogP) is -0.0951. The molecule has 0 aromatic heterocycles. The molecular formula is C17H25N5O4. The summed E-state index contributed by atoms with van der Waals surface area (Å²) in [5, 5.41) is 17.6. The number of rotatable bonds is 4. The van der Waals surface area contributed by atoms with Crippen LogP contribution in [0.15, 0.2) is 18.2 Å². The van der Waals surface area contributed by atoms with E-state index in [-0.39, 0.29) is 23.4 Å². The number of hydrogen-bond acceptors (Lipinski definition) is 8. The topological polar surface area (TPSA) is 106 Å². The number of hydrogen-bond donors (Lipinski definition) is 4. The van der Waals surface area contributed by atoms with Gasteiger partial charge in [0.05, 0.1) is 24.5 Å². The summed E-state index contributed by atoms with van der Waals surface area (Å²) in [5.41, 5.74) is 3.66. The van der Waals surface area contributed by atoms with Crippen LogP contribution in [0.2, 0.25) is 0 Å². The van der Waals surface area contributed by atoms with E-state index in [1.54, 1.807) is 0 Å². The van der Waals surface area contributed by atoms with Crippen molar-refractivity contribution in [2.45, 2.75) is 25.0 Å². The second-order valence-corrected chi connectivity index (χ2v) is 6.53. The number of anilines is 1. The summed E-state index contributed by atoms with van der Waals surface area (Å²) < 4.78 is 4.71. The molecule has 1 aromatic carbocycles. The number of nitrogens with zero attached hydrogens (tertiary/aromatic N) is 2. The number of ether oxygens (including phenoxy) is 1. The molecule has 9 nitrogen and oxygen atoms in total. The van der Waals surface area contributed by atoms with Gasteiger partial charge >= 0.3 is 5.97 Å². The zero-order chi connectivity index (χ0) is 18.7. The Morgan fingerprint density at radius 1 is 1.35 bits per heavy atom. The lowest BCUT2D eigenvalue weighted by Gasteiger charge is -2.41. The maximum atomic E-state index is 12.6. The summed E-state index contributed by atoms with van der Waals surface area (Å²) in [6, 6.07) is 3.79. The molecule has 1 amide bonds. The van der Waals surface area contributed by atoms with Crippen molar-refractivity contribution in [3.05, 3.63) is 23.8 Å². The first-order chi connectivity index (χ1) is 12.5. The number of phenolic OH excluding ortho intramolecular Hbond substituents is 1. The molecule has 26 heavy (non-hydrogen) atoms. The highest BCUT2D eigenvalue weighted by molar-refractivity contribution is 6.03. The Balaban J connectivity index is 1.65. The zero-order valence-corrected chi connectivity index (χ0v) is 15.0. The lowest BCUT2D eigenvalue weighted by molar-refractivity contribution is -0.123. The average molecular weight is 363 g/mol. The molecular weight excluding hydrogens is 338 g/mol. The number of phenols is 1. The van der Waals surface area contributed by atoms with E-state index >= 15 is 0 Å². The van der Waals surface area contributed by atoms with Crippen LogP contribution in [-0.2, 0) is 9.53 Å². The standard InChI is InChI=1S/C17H25N5O4/c1-21-15(22-8-7-18-10-22)6-5-14(20-21)16(24)19-13-4-3-11(23)9-12(13)17(25)26-2/h3-4,9,14-15,18,20,23H,5-8,10H2,1-2H3,(H,19,24). The Hall–Kier alpha value is -2.20. The number of carbonyl (C=O) groups excluding carboxylic acids is 2. The molecule has 2 fully saturated rings. The number of carbonyl (C=O) groups is 2. The van der Waals surface area contributed by atoms with Crippen molar-refractivity contribution in [3.63, 3.8) is 0 Å². The van der Waals surface area contributed by atoms with Gasteiger partial charge in [0.15, 0.2) is 0 Å². The molecule has 1 aromatic rings. The molecule has 4 N–H and O–H groups in total. The van der Waals surface area contributed by atoms with E-state index in [9.17, 15) is 14.7 Å². The third-order valence-corrected chi connectivity index (χ3v) is 4.82. The van der Waals surface area contributed by atoms with Crippen LogP contribution in [0.25, 0.3) is 0 Å². The Kier molecular flexibility index (Phi) is 5.72. The van der Waals surface area contributed by atoms with E-state index in [2.05, 4.69) is 21.0 Å². The molecule has 3 rings (SSSR count). The first-order valence-electron chi connectivity index (χ1n) is 8.65. The van der Waals surface area contributed by atoms with E-state index < -0.39 is 12.0 Å². The Labute approximate surface area is 152 Å². The maximum Gasteiger partial charge on any atom is 0.340 e. The van der Waals surface area contributed by atoms with E-state index in [0.29, 0.717) is 12.1 Å². The van der Waals surface area contributed by atoms with Gasteiger partial charge < -0.3 is 20.5 Å². The number of aromatic hydroxyl groups is 1. The summed E-state index contributed by atoms with van der Waals surface area (Å²) in [5.74, 6) is -0.918. The van der Waals surface area contributed by atoms with E-state index in [0.717, 1.165) is 26.2 Å². The van der Waals surface area contributed by atoms with Crippen molar-refractivity contribution in [2.75, 3.05) is 39.2 Å². The fourth-order valence-electron chi connectivity index (χ4n) is 3.44. The lowest BCUT2D eigenvalue weighted by Crippen LogP contribution is -2.61. The predicted molar refractivity (Wildman–Crippen MR) is 95.4 cm³/mol. The van der Waals surface area contributed by atoms with Crippen molar-refractivity contribution < 1.29 is 19.4 Å². The molecule has 0 radical (unpaired) electrons. The highest BCUT2D eigenvalue weighted by Crippen LogP contribution is 2.24. The molecule has 2 saturated heterocycles. The van der Waals surface area contributed by atoms with Gasteiger partial charge in [-0.3, -0.25) is 9.69 Å². The van der Waals surface area contributed by atoms with Crippen LogP contribution in [0.1, 0.15) is 23.2 Å². The van der Waals surface area contributed by atoms with Gasteiger partial charge in [-0.1, -0.05) is 0 Å². The number of esters is 1. The van der Waals surface area contributed by atoms with Crippen LogP contribution in [-0.4, -0.2) is 73.0 Å². The van der Waals surface area contributed by atoms with Crippen molar-refractivity contribution in [2.24, 2.45) is 0 Å². The minimum atomic E-state index is -0.619. The molecule has 2 unspecified atom stereocenters. The third-order valence-electron chi connectivity index (χ3n) is 4.82. The van der Waals surface area contributed by atoms with Gasteiger partial charge in [-0.05, 0) is 31.0 Å². The van der Waals surface area contributed by atoms with Gasteiger partial charge in [-0.25, -0.2) is 15.2 Å². The fraction of sp³-hybridized carbons (Fsp3) is 0.529. The first-order valence-corrected chi connectivity index (χ1v) is 8.65. The van der Waals surface area contributed by atoms with Crippen LogP contribution in [0, 0.1) is 0 Å². The molecule has 9 heteroatoms. The summed E-state index contributed by atoms with van der Waals surface area (Å²) in [6.07, 6.45) is 1.79. The molecule has 142 valence electrons. The summed E-state index contributed by atoms with van der Waals surface area (Å²) in [6.45, 7) is 2.82. The van der Waals surface area contributed by atoms with Crippen LogP contribution in [0.5, 0.6) is 5.75 Å². The van der Waals surface area contributed by atoms with Gasteiger partial charge in [0.25, 0.3) is 0 Å². The van der Waals surface area contributed by atoms with Gasteiger partial charge in [0.2, 0.25) is 5.91 Å². The van der Waals surface area contributed by atoms with Crippen molar-refractivity contribution in [1.29, 1.82) is 0 Å². The van der Waals surface area contributed by atoms with Gasteiger partial charge in [0, 0.05) is 26.8 Å². The second kappa shape index (κ2) is 8.00. The SMILES string of the molecule is COC(=O)c1cc(O)ccc1NC(=O)C1CCC(N2CCNC2)N(C)N1. The Morgan fingerprint density at radius 3 is 2.81 bits per heavy atom. The summed E-state index contributed by atoms with van der Waals surface area (Å²) in [7, 11) is 3.19. The first kappa shape index (κ1) is 18.6. The Morgan fingerprint density at radius 2 is 2.15 bits per heavy atom. The van der Waals surface area contributed by atoms with Gasteiger partial charge in [0.1, 0.15) is 11.8 Å². The van der Waals surface area contributed by atoms with Gasteiger partial charge in [-0.2, -0.15) is 0 Å². The van der Waals surface area contributed by atoms with E-state index in [1.807, 2.05) is 12.1 Å². The number of methoxy groups -OCH3 is 1. The highest BCUT2D eigenvalue weighted by atomic mass is 16.5. The molecule has 0 aliphatic carbocycles. The van der Waals surface area contributed by atoms with Gasteiger partial charge in [-0.15, -0.1) is 0 Å². The van der Waals surface area contributed by atoms with Crippen LogP contribution in [0.3, 0.4) is 0 Å². The summed E-state index contributed by atoms with van der Waals surface area (Å²) in [4.78, 5) is 26.8. The number of amides is 1. The van der Waals surface area contributed by atoms with Crippen molar-refractivity contribution >= 4 is 17.6 Å². The van der Waals surface area contributed by atoms with Crippen molar-refractivity contribution in [3.8, 4) is 5.75 Å². The van der Waals surface area contributed by atoms with Crippen LogP contribution >= 0.6 is 0 Å². The van der Waals surface area contributed by atoms with Crippen LogP contribution in [0.4, 0.5) is 5.69 Å². The minimum absolute atomic E-state index is 0.0685. The molecule has 2 heterocycles. The molecule has 0 bridgehead atoms. The highest BCUT2D eigenvalue weighted by Gasteiger charge is 2.34. The second-order valence-electron chi connectivity index (χ2n) is 6.53. The molecule has 2 aliphatic rings. The van der Waals surface area contributed by atoms with E-state index in [1.165, 1.54) is 25.3 Å². The smallest absolute Gasteiger partial charge is 0.340 e. The van der Waals surface area contributed by atoms with Crippen LogP contribution < -0.4 is 16.1 Å². The maximum absolute atomic E-state index is 12.6. The molecule has 2 aliphatic heterocycles. The fourth-order valence-corrected chi connectivity index (χ4v) is 3.44. The molecule has 2 atom stereocenters. The monoisotopic (exact) mass is 363 g/mol. The summed E-state index contributed by atoms with van der Waals surface area (Å²) >= 11 is 0. The minimum Gasteiger partial charge on any atom is -0.508 e. The lowest BCUT2D eigenvalue weighted by atomic mass is 10.1. The normalized spacial score (nSPS) is 24.4. The Bertz CT molecular complexity index is 677. The quantitative estimate of drug-likeness (QED) is 0.434. The van der Waals surface area contributed by atoms with Crippen molar-refractivity contribution in [1.82, 2.24) is 20.7 Å².